The fraction of sp³-hybridized carbons (Fsp3) is 0.176. The monoisotopic (exact) mass is 294 g/mol. The molecule has 0 amide bonds. The van der Waals surface area contributed by atoms with Crippen LogP contribution in [0.1, 0.15) is 29.6 Å². The van der Waals surface area contributed by atoms with Crippen molar-refractivity contribution in [2.75, 3.05) is 5.32 Å². The number of nitrogens with one attached hydrogen (secondary N) is 1. The van der Waals surface area contributed by atoms with Crippen molar-refractivity contribution in [3.05, 3.63) is 77.9 Å². The lowest BCUT2D eigenvalue weighted by molar-refractivity contribution is 0.430. The zero-order valence-electron chi connectivity index (χ0n) is 11.9. The van der Waals surface area contributed by atoms with Gasteiger partial charge in [-0.1, -0.05) is 42.5 Å². The van der Waals surface area contributed by atoms with Gasteiger partial charge >= 0.3 is 0 Å². The third-order valence-corrected chi connectivity index (χ3v) is 4.09. The van der Waals surface area contributed by atoms with Crippen molar-refractivity contribution in [3.8, 4) is 0 Å². The van der Waals surface area contributed by atoms with Gasteiger partial charge in [0.25, 0.3) is 0 Å². The van der Waals surface area contributed by atoms with Crippen molar-refractivity contribution < 1.29 is 4.39 Å². The maximum atomic E-state index is 13.2. The summed E-state index contributed by atoms with van der Waals surface area (Å²) < 4.78 is 15.1. The van der Waals surface area contributed by atoms with Gasteiger partial charge in [0, 0.05) is 0 Å². The van der Waals surface area contributed by atoms with Crippen LogP contribution < -0.4 is 5.32 Å². The summed E-state index contributed by atoms with van der Waals surface area (Å²) in [5.74, 6) is 0.519. The number of hydrogen-bond donors (Lipinski definition) is 1. The summed E-state index contributed by atoms with van der Waals surface area (Å²) in [6.45, 7) is 0. The van der Waals surface area contributed by atoms with Crippen LogP contribution in [-0.4, -0.2) is 14.8 Å². The summed E-state index contributed by atoms with van der Waals surface area (Å²) in [5.41, 5.74) is 2.25. The van der Waals surface area contributed by atoms with Crippen LogP contribution in [0.4, 0.5) is 10.3 Å². The molecule has 0 fully saturated rings. The molecule has 3 aromatic rings. The molecule has 1 aliphatic rings. The van der Waals surface area contributed by atoms with Gasteiger partial charge in [-0.25, -0.2) is 9.07 Å². The Bertz CT molecular complexity index is 767. The highest BCUT2D eigenvalue weighted by molar-refractivity contribution is 5.38. The largest absolute Gasteiger partial charge is 0.348 e. The number of nitrogens with zero attached hydrogens (tertiary/aromatic N) is 3. The first-order valence-electron chi connectivity index (χ1n) is 7.28. The smallest absolute Gasteiger partial charge is 0.222 e. The van der Waals surface area contributed by atoms with Crippen LogP contribution in [0.25, 0.3) is 0 Å². The Morgan fingerprint density at radius 1 is 1.00 bits per heavy atom. The number of fused-ring (bicyclic) bond motifs is 1. The molecule has 4 nitrogen and oxygen atoms in total. The van der Waals surface area contributed by atoms with E-state index >= 15 is 0 Å². The molecule has 0 spiro atoms. The van der Waals surface area contributed by atoms with Gasteiger partial charge in [-0.3, -0.25) is 0 Å². The highest BCUT2D eigenvalue weighted by atomic mass is 19.1. The van der Waals surface area contributed by atoms with E-state index in [9.17, 15) is 4.39 Å². The Labute approximate surface area is 127 Å². The van der Waals surface area contributed by atoms with Gasteiger partial charge in [-0.2, -0.15) is 10.1 Å². The maximum Gasteiger partial charge on any atom is 0.222 e. The molecule has 1 aliphatic heterocycles. The first-order chi connectivity index (χ1) is 10.8. The molecule has 4 rings (SSSR count). The van der Waals surface area contributed by atoms with Gasteiger partial charge in [0.1, 0.15) is 12.1 Å². The molecule has 0 bridgehead atoms. The van der Waals surface area contributed by atoms with E-state index in [4.69, 9.17) is 0 Å². The fourth-order valence-electron chi connectivity index (χ4n) is 2.99. The lowest BCUT2D eigenvalue weighted by Crippen LogP contribution is -2.28. The number of aromatic nitrogens is 3. The van der Waals surface area contributed by atoms with Crippen molar-refractivity contribution in [2.45, 2.75) is 18.5 Å². The molecule has 0 saturated heterocycles. The van der Waals surface area contributed by atoms with E-state index in [1.54, 1.807) is 6.33 Å². The Morgan fingerprint density at radius 3 is 2.55 bits per heavy atom. The SMILES string of the molecule is Fc1ccc([C@@H]2C[C@@H](c3ccccc3)Nc3ncnn32)cc1. The molecular formula is C17H15FN4. The molecular weight excluding hydrogens is 279 g/mol. The number of hydrogen-bond acceptors (Lipinski definition) is 3. The number of halogens is 1. The first-order valence-corrected chi connectivity index (χ1v) is 7.28. The van der Waals surface area contributed by atoms with E-state index in [1.807, 2.05) is 35.0 Å². The number of anilines is 1. The van der Waals surface area contributed by atoms with Crippen LogP contribution in [0.2, 0.25) is 0 Å². The Kier molecular flexibility index (Phi) is 3.11. The first kappa shape index (κ1) is 13.0. The van der Waals surface area contributed by atoms with E-state index in [-0.39, 0.29) is 17.9 Å². The molecule has 0 aliphatic carbocycles. The number of rotatable bonds is 2. The Morgan fingerprint density at radius 2 is 1.77 bits per heavy atom. The van der Waals surface area contributed by atoms with Gasteiger partial charge in [0.2, 0.25) is 5.95 Å². The fourth-order valence-corrected chi connectivity index (χ4v) is 2.99. The second-order valence-corrected chi connectivity index (χ2v) is 5.44. The zero-order chi connectivity index (χ0) is 14.9. The van der Waals surface area contributed by atoms with Crippen molar-refractivity contribution >= 4 is 5.95 Å². The molecule has 0 saturated carbocycles. The lowest BCUT2D eigenvalue weighted by Gasteiger charge is -2.31. The van der Waals surface area contributed by atoms with Crippen LogP contribution in [0.3, 0.4) is 0 Å². The summed E-state index contributed by atoms with van der Waals surface area (Å²) in [4.78, 5) is 4.29. The van der Waals surface area contributed by atoms with Gasteiger partial charge in [-0.15, -0.1) is 0 Å². The summed E-state index contributed by atoms with van der Waals surface area (Å²) in [5, 5.41) is 7.73. The van der Waals surface area contributed by atoms with E-state index in [2.05, 4.69) is 27.5 Å². The molecule has 2 atom stereocenters. The van der Waals surface area contributed by atoms with Crippen LogP contribution >= 0.6 is 0 Å². The van der Waals surface area contributed by atoms with Crippen molar-refractivity contribution in [1.29, 1.82) is 0 Å². The third kappa shape index (κ3) is 2.24. The molecule has 2 aromatic carbocycles. The Hall–Kier alpha value is -2.69. The molecule has 110 valence electrons. The molecule has 1 N–H and O–H groups in total. The standard InChI is InChI=1S/C17H15FN4/c18-14-8-6-13(7-9-14)16-10-15(12-4-2-1-3-5-12)21-17-19-11-20-22(16)17/h1-9,11,15-16H,10H2,(H,19,20,21)/t15-,16-/m0/s1. The molecule has 1 aromatic heterocycles. The van der Waals surface area contributed by atoms with Gasteiger partial charge < -0.3 is 5.32 Å². The van der Waals surface area contributed by atoms with Crippen molar-refractivity contribution in [1.82, 2.24) is 14.8 Å². The minimum absolute atomic E-state index is 0.0459. The van der Waals surface area contributed by atoms with E-state index in [0.29, 0.717) is 0 Å². The molecule has 0 radical (unpaired) electrons. The molecule has 2 heterocycles. The molecule has 0 unspecified atom stereocenters. The minimum Gasteiger partial charge on any atom is -0.348 e. The highest BCUT2D eigenvalue weighted by Crippen LogP contribution is 2.37. The van der Waals surface area contributed by atoms with E-state index in [0.717, 1.165) is 17.9 Å². The average molecular weight is 294 g/mol. The highest BCUT2D eigenvalue weighted by Gasteiger charge is 2.29. The predicted octanol–water partition coefficient (Wildman–Crippen LogP) is 3.56. The second kappa shape index (κ2) is 5.26. The summed E-state index contributed by atoms with van der Waals surface area (Å²) in [7, 11) is 0. The van der Waals surface area contributed by atoms with Crippen molar-refractivity contribution in [2.24, 2.45) is 0 Å². The zero-order valence-corrected chi connectivity index (χ0v) is 11.9. The molecule has 5 heteroatoms. The Balaban J connectivity index is 1.73. The van der Waals surface area contributed by atoms with Crippen LogP contribution in [0, 0.1) is 5.82 Å². The van der Waals surface area contributed by atoms with Gasteiger partial charge in [0.05, 0.1) is 12.1 Å². The molecule has 22 heavy (non-hydrogen) atoms. The van der Waals surface area contributed by atoms with Crippen molar-refractivity contribution in [3.63, 3.8) is 0 Å². The number of benzene rings is 2. The minimum atomic E-state index is -0.226. The lowest BCUT2D eigenvalue weighted by atomic mass is 9.93. The van der Waals surface area contributed by atoms with Crippen LogP contribution in [0.5, 0.6) is 0 Å². The summed E-state index contributed by atoms with van der Waals surface area (Å²) >= 11 is 0. The second-order valence-electron chi connectivity index (χ2n) is 5.44. The van der Waals surface area contributed by atoms with E-state index < -0.39 is 0 Å². The summed E-state index contributed by atoms with van der Waals surface area (Å²) in [6.07, 6.45) is 2.39. The van der Waals surface area contributed by atoms with Crippen LogP contribution in [0.15, 0.2) is 60.9 Å². The normalized spacial score (nSPS) is 20.2. The average Bonchev–Trinajstić information content (AvgIpc) is 3.04. The summed E-state index contributed by atoms with van der Waals surface area (Å²) in [6, 6.07) is 17.1. The quantitative estimate of drug-likeness (QED) is 0.786. The maximum absolute atomic E-state index is 13.2. The van der Waals surface area contributed by atoms with Crippen LogP contribution in [-0.2, 0) is 0 Å². The third-order valence-electron chi connectivity index (χ3n) is 4.09. The van der Waals surface area contributed by atoms with Gasteiger partial charge in [0.15, 0.2) is 0 Å². The predicted molar refractivity (Wildman–Crippen MR) is 82.0 cm³/mol. The van der Waals surface area contributed by atoms with E-state index in [1.165, 1.54) is 17.7 Å². The van der Waals surface area contributed by atoms with Gasteiger partial charge in [-0.05, 0) is 29.7 Å². The topological polar surface area (TPSA) is 42.7 Å².